The topological polar surface area (TPSA) is 53.4 Å². The molecular weight excluding hydrogens is 302 g/mol. The quantitative estimate of drug-likeness (QED) is 0.905. The Bertz CT molecular complexity index is 586. The fourth-order valence-corrected chi connectivity index (χ4v) is 4.90. The van der Waals surface area contributed by atoms with E-state index < -0.39 is 0 Å². The van der Waals surface area contributed by atoms with E-state index in [0.717, 1.165) is 44.2 Å². The molecule has 1 saturated carbocycles. The summed E-state index contributed by atoms with van der Waals surface area (Å²) < 4.78 is 1.91. The smallest absolute Gasteiger partial charge is 0.317 e. The zero-order valence-electron chi connectivity index (χ0n) is 14.7. The van der Waals surface area contributed by atoms with Crippen LogP contribution in [0.1, 0.15) is 44.9 Å². The minimum Gasteiger partial charge on any atom is -0.355 e. The number of urea groups is 1. The van der Waals surface area contributed by atoms with Crippen molar-refractivity contribution in [1.29, 1.82) is 0 Å². The van der Waals surface area contributed by atoms with Gasteiger partial charge in [0.1, 0.15) is 5.82 Å². The van der Waals surface area contributed by atoms with Gasteiger partial charge in [0, 0.05) is 44.8 Å². The van der Waals surface area contributed by atoms with Crippen LogP contribution >= 0.6 is 0 Å². The fourth-order valence-electron chi connectivity index (χ4n) is 4.90. The number of carbonyl (C=O) groups is 1. The highest BCUT2D eigenvalue weighted by atomic mass is 16.2. The van der Waals surface area contributed by atoms with E-state index in [-0.39, 0.29) is 12.1 Å². The number of carbonyl (C=O) groups excluding carboxylic acids is 1. The van der Waals surface area contributed by atoms with E-state index in [9.17, 15) is 4.79 Å². The Balaban J connectivity index is 1.36. The van der Waals surface area contributed by atoms with Crippen molar-refractivity contribution in [2.75, 3.05) is 24.5 Å². The molecule has 1 aromatic rings. The molecule has 1 aliphatic carbocycles. The number of fused-ring (bicyclic) bond motifs is 1. The Morgan fingerprint density at radius 2 is 2.04 bits per heavy atom. The van der Waals surface area contributed by atoms with Gasteiger partial charge in [0.2, 0.25) is 0 Å². The zero-order valence-corrected chi connectivity index (χ0v) is 14.7. The Morgan fingerprint density at radius 1 is 1.17 bits per heavy atom. The molecule has 2 amide bonds. The standard InChI is InChI=1S/C18H29N5O/c1-21-17(8-10-19-21)22-11-4-6-15(13-22)20-18(24)23-12-9-14-5-2-3-7-16(14)23/h8,10,14-16H,2-7,9,11-13H2,1H3,(H,20,24)/t14-,15+,16-/m1/s1. The van der Waals surface area contributed by atoms with Crippen LogP contribution in [-0.2, 0) is 7.05 Å². The summed E-state index contributed by atoms with van der Waals surface area (Å²) in [6.07, 6.45) is 10.4. The number of aryl methyl sites for hydroxylation is 1. The number of hydrogen-bond acceptors (Lipinski definition) is 3. The van der Waals surface area contributed by atoms with Gasteiger partial charge in [0.25, 0.3) is 0 Å². The normalized spacial score (nSPS) is 30.3. The van der Waals surface area contributed by atoms with E-state index in [1.165, 1.54) is 32.1 Å². The first-order valence-corrected chi connectivity index (χ1v) is 9.52. The lowest BCUT2D eigenvalue weighted by Gasteiger charge is -2.37. The highest BCUT2D eigenvalue weighted by molar-refractivity contribution is 5.75. The highest BCUT2D eigenvalue weighted by Gasteiger charge is 2.38. The van der Waals surface area contributed by atoms with Crippen LogP contribution in [0.25, 0.3) is 0 Å². The number of hydrogen-bond donors (Lipinski definition) is 1. The summed E-state index contributed by atoms with van der Waals surface area (Å²) in [6, 6.07) is 2.96. The molecule has 24 heavy (non-hydrogen) atoms. The van der Waals surface area contributed by atoms with Crippen molar-refractivity contribution in [3.63, 3.8) is 0 Å². The molecule has 2 aliphatic heterocycles. The highest BCUT2D eigenvalue weighted by Crippen LogP contribution is 2.36. The molecule has 3 heterocycles. The zero-order chi connectivity index (χ0) is 16.5. The molecule has 3 atom stereocenters. The summed E-state index contributed by atoms with van der Waals surface area (Å²) in [7, 11) is 1.98. The van der Waals surface area contributed by atoms with Gasteiger partial charge in [-0.05, 0) is 38.0 Å². The lowest BCUT2D eigenvalue weighted by molar-refractivity contribution is 0.165. The van der Waals surface area contributed by atoms with Gasteiger partial charge in [-0.2, -0.15) is 5.10 Å². The maximum absolute atomic E-state index is 12.8. The molecular formula is C18H29N5O. The minimum atomic E-state index is 0.168. The van der Waals surface area contributed by atoms with Crippen LogP contribution in [0, 0.1) is 5.92 Å². The number of amides is 2. The monoisotopic (exact) mass is 331 g/mol. The molecule has 4 rings (SSSR count). The van der Waals surface area contributed by atoms with Crippen molar-refractivity contribution in [3.05, 3.63) is 12.3 Å². The Labute approximate surface area is 144 Å². The van der Waals surface area contributed by atoms with E-state index in [4.69, 9.17) is 0 Å². The second kappa shape index (κ2) is 6.65. The van der Waals surface area contributed by atoms with Gasteiger partial charge < -0.3 is 15.1 Å². The first-order chi connectivity index (χ1) is 11.7. The molecule has 0 aromatic carbocycles. The Kier molecular flexibility index (Phi) is 4.37. The lowest BCUT2D eigenvalue weighted by Crippen LogP contribution is -2.53. The summed E-state index contributed by atoms with van der Waals surface area (Å²) in [5.74, 6) is 1.89. The summed E-state index contributed by atoms with van der Waals surface area (Å²) in [4.78, 5) is 17.3. The van der Waals surface area contributed by atoms with Gasteiger partial charge in [-0.25, -0.2) is 4.79 Å². The van der Waals surface area contributed by atoms with Crippen LogP contribution in [-0.4, -0.2) is 52.4 Å². The van der Waals surface area contributed by atoms with Gasteiger partial charge in [-0.15, -0.1) is 0 Å². The summed E-state index contributed by atoms with van der Waals surface area (Å²) in [6.45, 7) is 2.87. The number of piperidine rings is 1. The fraction of sp³-hybridized carbons (Fsp3) is 0.778. The first-order valence-electron chi connectivity index (χ1n) is 9.52. The predicted octanol–water partition coefficient (Wildman–Crippen LogP) is 2.36. The molecule has 0 spiro atoms. The van der Waals surface area contributed by atoms with Gasteiger partial charge in [0.15, 0.2) is 0 Å². The second-order valence-electron chi connectivity index (χ2n) is 7.64. The maximum atomic E-state index is 12.8. The van der Waals surface area contributed by atoms with Crippen molar-refractivity contribution in [1.82, 2.24) is 20.0 Å². The van der Waals surface area contributed by atoms with E-state index in [1.807, 2.05) is 17.9 Å². The average Bonchev–Trinajstić information content (AvgIpc) is 3.21. The number of anilines is 1. The molecule has 3 aliphatic rings. The third-order valence-electron chi connectivity index (χ3n) is 6.14. The number of nitrogens with one attached hydrogen (secondary N) is 1. The van der Waals surface area contributed by atoms with E-state index in [2.05, 4.69) is 26.3 Å². The SMILES string of the molecule is Cn1nccc1N1CCC[C@H](NC(=O)N2CC[C@H]3CCCC[C@H]32)C1. The molecule has 6 nitrogen and oxygen atoms in total. The van der Waals surface area contributed by atoms with Gasteiger partial charge in [0.05, 0.1) is 6.20 Å². The van der Waals surface area contributed by atoms with Crippen LogP contribution < -0.4 is 10.2 Å². The van der Waals surface area contributed by atoms with Crippen molar-refractivity contribution in [2.45, 2.75) is 57.0 Å². The lowest BCUT2D eigenvalue weighted by atomic mass is 9.85. The van der Waals surface area contributed by atoms with E-state index >= 15 is 0 Å². The predicted molar refractivity (Wildman–Crippen MR) is 94.0 cm³/mol. The largest absolute Gasteiger partial charge is 0.355 e. The molecule has 2 saturated heterocycles. The number of nitrogens with zero attached hydrogens (tertiary/aromatic N) is 4. The van der Waals surface area contributed by atoms with Crippen molar-refractivity contribution < 1.29 is 4.79 Å². The van der Waals surface area contributed by atoms with Crippen LogP contribution in [0.4, 0.5) is 10.6 Å². The number of rotatable bonds is 2. The van der Waals surface area contributed by atoms with Crippen molar-refractivity contribution in [3.8, 4) is 0 Å². The first kappa shape index (κ1) is 15.8. The van der Waals surface area contributed by atoms with Gasteiger partial charge >= 0.3 is 6.03 Å². The Morgan fingerprint density at radius 3 is 2.88 bits per heavy atom. The average molecular weight is 331 g/mol. The molecule has 132 valence electrons. The van der Waals surface area contributed by atoms with Crippen LogP contribution in [0.2, 0.25) is 0 Å². The van der Waals surface area contributed by atoms with Crippen LogP contribution in [0.15, 0.2) is 12.3 Å². The summed E-state index contributed by atoms with van der Waals surface area (Å²) >= 11 is 0. The summed E-state index contributed by atoms with van der Waals surface area (Å²) in [5.41, 5.74) is 0. The molecule has 1 aromatic heterocycles. The van der Waals surface area contributed by atoms with Crippen LogP contribution in [0.3, 0.4) is 0 Å². The molecule has 0 unspecified atom stereocenters. The molecule has 0 radical (unpaired) electrons. The molecule has 3 fully saturated rings. The summed E-state index contributed by atoms with van der Waals surface area (Å²) in [5, 5.41) is 7.59. The third kappa shape index (κ3) is 2.98. The van der Waals surface area contributed by atoms with Gasteiger partial charge in [-0.1, -0.05) is 12.8 Å². The minimum absolute atomic E-state index is 0.168. The Hall–Kier alpha value is -1.72. The third-order valence-corrected chi connectivity index (χ3v) is 6.14. The van der Waals surface area contributed by atoms with Crippen molar-refractivity contribution in [2.24, 2.45) is 13.0 Å². The van der Waals surface area contributed by atoms with E-state index in [0.29, 0.717) is 6.04 Å². The van der Waals surface area contributed by atoms with Crippen molar-refractivity contribution >= 4 is 11.8 Å². The molecule has 6 heteroatoms. The second-order valence-corrected chi connectivity index (χ2v) is 7.64. The molecule has 0 bridgehead atoms. The maximum Gasteiger partial charge on any atom is 0.317 e. The van der Waals surface area contributed by atoms with E-state index in [1.54, 1.807) is 0 Å². The number of likely N-dealkylation sites (tertiary alicyclic amines) is 1. The van der Waals surface area contributed by atoms with Crippen LogP contribution in [0.5, 0.6) is 0 Å². The number of aromatic nitrogens is 2. The van der Waals surface area contributed by atoms with Gasteiger partial charge in [-0.3, -0.25) is 4.68 Å². The molecule has 1 N–H and O–H groups in total.